The molecule has 0 aliphatic rings. The smallest absolute Gasteiger partial charge is 0.308 e. The van der Waals surface area contributed by atoms with Crippen LogP contribution in [0.1, 0.15) is 65.2 Å². The van der Waals surface area contributed by atoms with Crippen LogP contribution in [0, 0.1) is 5.92 Å². The van der Waals surface area contributed by atoms with E-state index in [1.807, 2.05) is 62.8 Å². The van der Waals surface area contributed by atoms with E-state index < -0.39 is 5.97 Å². The summed E-state index contributed by atoms with van der Waals surface area (Å²) in [6.45, 7) is 14.2. The minimum absolute atomic E-state index is 0.0996. The molecular weight excluding hydrogens is 390 g/mol. The zero-order valence-corrected chi connectivity index (χ0v) is 19.7. The van der Waals surface area contributed by atoms with Crippen LogP contribution in [0.3, 0.4) is 0 Å². The highest BCUT2D eigenvalue weighted by molar-refractivity contribution is 6.08. The predicted octanol–water partition coefficient (Wildman–Crippen LogP) is 5.79. The van der Waals surface area contributed by atoms with Crippen LogP contribution in [0.15, 0.2) is 41.6 Å². The van der Waals surface area contributed by atoms with Gasteiger partial charge in [0.2, 0.25) is 12.3 Å². The number of ether oxygens (including phenoxy) is 2. The summed E-state index contributed by atoms with van der Waals surface area (Å²) < 4.78 is 13.5. The lowest BCUT2D eigenvalue weighted by Gasteiger charge is -2.17. The molecule has 2 rings (SSSR count). The molecule has 0 atom stereocenters. The first-order valence-corrected chi connectivity index (χ1v) is 10.8. The fourth-order valence-corrected chi connectivity index (χ4v) is 3.24. The molecule has 0 heterocycles. The first-order valence-electron chi connectivity index (χ1n) is 10.8. The van der Waals surface area contributed by atoms with Gasteiger partial charge in [0.25, 0.3) is 0 Å². The van der Waals surface area contributed by atoms with Crippen molar-refractivity contribution < 1.29 is 23.6 Å². The maximum atomic E-state index is 13.4. The van der Waals surface area contributed by atoms with E-state index >= 15 is 0 Å². The van der Waals surface area contributed by atoms with E-state index in [1.165, 1.54) is 6.92 Å². The summed E-state index contributed by atoms with van der Waals surface area (Å²) in [7, 11) is 0. The SMILES string of the molecule is CC=[N+](CC(=O)c1cc(OC(C)=O)c2ccccc2c1OCCC(C)C)C(C)=C(C)C. The number of fused-ring (bicyclic) bond motifs is 1. The third kappa shape index (κ3) is 6.27. The molecule has 0 fully saturated rings. The second-order valence-corrected chi connectivity index (χ2v) is 8.32. The van der Waals surface area contributed by atoms with Crippen molar-refractivity contribution in [2.24, 2.45) is 5.92 Å². The molecule has 0 aromatic heterocycles. The number of hydrogen-bond donors (Lipinski definition) is 0. The summed E-state index contributed by atoms with van der Waals surface area (Å²) in [6, 6.07) is 9.18. The van der Waals surface area contributed by atoms with Gasteiger partial charge in [-0.2, -0.15) is 4.58 Å². The fourth-order valence-electron chi connectivity index (χ4n) is 3.24. The zero-order chi connectivity index (χ0) is 23.1. The van der Waals surface area contributed by atoms with Crippen LogP contribution < -0.4 is 9.47 Å². The van der Waals surface area contributed by atoms with Gasteiger partial charge in [-0.1, -0.05) is 38.1 Å². The lowest BCUT2D eigenvalue weighted by molar-refractivity contribution is -0.458. The fraction of sp³-hybridized carbons (Fsp3) is 0.423. The van der Waals surface area contributed by atoms with Gasteiger partial charge in [0.1, 0.15) is 17.7 Å². The number of rotatable bonds is 9. The molecule has 0 saturated carbocycles. The molecule has 0 aliphatic carbocycles. The van der Waals surface area contributed by atoms with Crippen molar-refractivity contribution in [1.82, 2.24) is 0 Å². The van der Waals surface area contributed by atoms with Crippen molar-refractivity contribution in [3.63, 3.8) is 0 Å². The molecule has 31 heavy (non-hydrogen) atoms. The number of carbonyl (C=O) groups is 2. The summed E-state index contributed by atoms with van der Waals surface area (Å²) in [6.07, 6.45) is 2.77. The maximum absolute atomic E-state index is 13.4. The van der Waals surface area contributed by atoms with Gasteiger partial charge in [-0.15, -0.1) is 0 Å². The van der Waals surface area contributed by atoms with E-state index in [4.69, 9.17) is 9.47 Å². The molecule has 5 heteroatoms. The summed E-state index contributed by atoms with van der Waals surface area (Å²) in [5, 5.41) is 1.51. The average molecular weight is 425 g/mol. The van der Waals surface area contributed by atoms with Crippen LogP contribution in [-0.4, -0.2) is 35.7 Å². The van der Waals surface area contributed by atoms with Crippen molar-refractivity contribution in [3.8, 4) is 11.5 Å². The molecule has 0 amide bonds. The standard InChI is InChI=1S/C26H34NO4/c1-8-27(19(6)18(4)5)16-24(29)23-15-25(31-20(7)28)21-11-9-10-12-22(21)26(23)30-14-13-17(2)3/h8-12,15,17H,13-14,16H2,1-7H3/q+1. The molecule has 0 radical (unpaired) electrons. The number of nitrogens with zero attached hydrogens (tertiary/aromatic N) is 1. The van der Waals surface area contributed by atoms with Crippen LogP contribution in [0.2, 0.25) is 0 Å². The Balaban J connectivity index is 2.61. The lowest BCUT2D eigenvalue weighted by Crippen LogP contribution is -2.22. The van der Waals surface area contributed by atoms with E-state index in [-0.39, 0.29) is 12.3 Å². The highest BCUT2D eigenvalue weighted by Gasteiger charge is 2.24. The van der Waals surface area contributed by atoms with Gasteiger partial charge in [0.05, 0.1) is 12.2 Å². The first kappa shape index (κ1) is 24.3. The number of benzene rings is 2. The Morgan fingerprint density at radius 1 is 1.06 bits per heavy atom. The quantitative estimate of drug-likeness (QED) is 0.168. The van der Waals surface area contributed by atoms with E-state index in [9.17, 15) is 9.59 Å². The molecule has 0 unspecified atom stereocenters. The van der Waals surface area contributed by atoms with Gasteiger partial charge < -0.3 is 9.47 Å². The Hall–Kier alpha value is -2.95. The minimum atomic E-state index is -0.430. The molecule has 0 N–H and O–H groups in total. The zero-order valence-electron chi connectivity index (χ0n) is 19.7. The van der Waals surface area contributed by atoms with E-state index in [0.29, 0.717) is 29.6 Å². The van der Waals surface area contributed by atoms with Crippen molar-refractivity contribution in [2.45, 2.75) is 54.9 Å². The Morgan fingerprint density at radius 3 is 2.26 bits per heavy atom. The van der Waals surface area contributed by atoms with Gasteiger partial charge in [0.15, 0.2) is 5.70 Å². The molecule has 2 aromatic rings. The van der Waals surface area contributed by atoms with Gasteiger partial charge in [-0.3, -0.25) is 9.59 Å². The van der Waals surface area contributed by atoms with Crippen LogP contribution in [0.25, 0.3) is 10.8 Å². The molecule has 0 aliphatic heterocycles. The highest BCUT2D eigenvalue weighted by atomic mass is 16.5. The Labute approximate surface area is 185 Å². The van der Waals surface area contributed by atoms with Gasteiger partial charge in [-0.05, 0) is 37.8 Å². The van der Waals surface area contributed by atoms with Crippen LogP contribution in [0.4, 0.5) is 0 Å². The maximum Gasteiger partial charge on any atom is 0.308 e. The molecular formula is C26H34NO4+. The van der Waals surface area contributed by atoms with Crippen molar-refractivity contribution in [1.29, 1.82) is 0 Å². The molecule has 166 valence electrons. The van der Waals surface area contributed by atoms with E-state index in [2.05, 4.69) is 13.8 Å². The molecule has 0 bridgehead atoms. The van der Waals surface area contributed by atoms with Gasteiger partial charge in [-0.25, -0.2) is 0 Å². The minimum Gasteiger partial charge on any atom is -0.492 e. The van der Waals surface area contributed by atoms with Crippen molar-refractivity contribution in [3.05, 3.63) is 47.2 Å². The summed E-state index contributed by atoms with van der Waals surface area (Å²) in [5.41, 5.74) is 2.59. The highest BCUT2D eigenvalue weighted by Crippen LogP contribution is 2.37. The average Bonchev–Trinajstić information content (AvgIpc) is 2.71. The normalized spacial score (nSPS) is 11.5. The van der Waals surface area contributed by atoms with E-state index in [0.717, 1.165) is 28.5 Å². The number of esters is 1. The predicted molar refractivity (Wildman–Crippen MR) is 125 cm³/mol. The van der Waals surface area contributed by atoms with Crippen molar-refractivity contribution >= 4 is 28.7 Å². The number of hydrogen-bond acceptors (Lipinski definition) is 4. The monoisotopic (exact) mass is 424 g/mol. The number of ketones is 1. The largest absolute Gasteiger partial charge is 0.492 e. The van der Waals surface area contributed by atoms with E-state index in [1.54, 1.807) is 6.07 Å². The summed E-state index contributed by atoms with van der Waals surface area (Å²) >= 11 is 0. The van der Waals surface area contributed by atoms with Crippen LogP contribution in [-0.2, 0) is 4.79 Å². The topological polar surface area (TPSA) is 55.6 Å². The number of allylic oxidation sites excluding steroid dienone is 2. The molecule has 0 saturated heterocycles. The summed E-state index contributed by atoms with van der Waals surface area (Å²) in [4.78, 5) is 25.1. The van der Waals surface area contributed by atoms with Crippen LogP contribution >= 0.6 is 0 Å². The number of carbonyl (C=O) groups excluding carboxylic acids is 2. The lowest BCUT2D eigenvalue weighted by atomic mass is 10.0. The Bertz CT molecular complexity index is 1030. The second-order valence-electron chi connectivity index (χ2n) is 8.32. The summed E-state index contributed by atoms with van der Waals surface area (Å²) in [5.74, 6) is 0.867. The van der Waals surface area contributed by atoms with Gasteiger partial charge in [0, 0.05) is 31.5 Å². The number of Topliss-reactive ketones (excluding diaryl/α,β-unsaturated/α-hetero) is 1. The third-order valence-electron chi connectivity index (χ3n) is 5.23. The van der Waals surface area contributed by atoms with Gasteiger partial charge >= 0.3 is 5.97 Å². The Kier molecular flexibility index (Phi) is 8.55. The third-order valence-corrected chi connectivity index (χ3v) is 5.23. The molecule has 5 nitrogen and oxygen atoms in total. The first-order chi connectivity index (χ1) is 14.6. The second kappa shape index (κ2) is 10.9. The molecule has 2 aromatic carbocycles. The van der Waals surface area contributed by atoms with Crippen LogP contribution in [0.5, 0.6) is 11.5 Å². The molecule has 0 spiro atoms. The Morgan fingerprint density at radius 2 is 1.71 bits per heavy atom. The van der Waals surface area contributed by atoms with Crippen molar-refractivity contribution in [2.75, 3.05) is 13.2 Å².